The van der Waals surface area contributed by atoms with Crippen LogP contribution in [0.1, 0.15) is 5.56 Å². The lowest BCUT2D eigenvalue weighted by Crippen LogP contribution is -2.32. The maximum absolute atomic E-state index is 8.89. The summed E-state index contributed by atoms with van der Waals surface area (Å²) in [6.45, 7) is 2.58. The molecule has 0 aliphatic carbocycles. The molecule has 2 aromatic heterocycles. The van der Waals surface area contributed by atoms with Crippen LogP contribution in [-0.2, 0) is 16.0 Å². The molecule has 1 aliphatic heterocycles. The van der Waals surface area contributed by atoms with Crippen molar-refractivity contribution in [3.05, 3.63) is 60.4 Å². The zero-order chi connectivity index (χ0) is 17.8. The van der Waals surface area contributed by atoms with Gasteiger partial charge in [-0.05, 0) is 24.3 Å². The molecule has 6 nitrogen and oxygen atoms in total. The van der Waals surface area contributed by atoms with Crippen molar-refractivity contribution in [2.45, 2.75) is 12.6 Å². The molecule has 0 N–H and O–H groups in total. The summed E-state index contributed by atoms with van der Waals surface area (Å²) in [5.74, 6) is 0. The Morgan fingerprint density at radius 3 is 2.73 bits per heavy atom. The summed E-state index contributed by atoms with van der Waals surface area (Å²) in [6.07, 6.45) is 3.59. The van der Waals surface area contributed by atoms with Crippen molar-refractivity contribution in [1.82, 2.24) is 14.8 Å². The van der Waals surface area contributed by atoms with E-state index in [-0.39, 0.29) is 6.10 Å². The second-order valence-corrected chi connectivity index (χ2v) is 6.12. The highest BCUT2D eigenvalue weighted by atomic mass is 16.6. The molecular weight excluding hydrogens is 328 g/mol. The van der Waals surface area contributed by atoms with Gasteiger partial charge in [-0.15, -0.1) is 0 Å². The molecule has 0 bridgehead atoms. The van der Waals surface area contributed by atoms with Crippen molar-refractivity contribution in [1.29, 1.82) is 5.26 Å². The Labute approximate surface area is 151 Å². The number of ether oxygens (including phenoxy) is 2. The van der Waals surface area contributed by atoms with Gasteiger partial charge >= 0.3 is 0 Å². The lowest BCUT2D eigenvalue weighted by Gasteiger charge is -2.22. The molecule has 3 heterocycles. The second-order valence-electron chi connectivity index (χ2n) is 6.12. The summed E-state index contributed by atoms with van der Waals surface area (Å²) in [5, 5.41) is 13.5. The molecule has 6 heteroatoms. The third kappa shape index (κ3) is 3.64. The number of hydrogen-bond acceptors (Lipinski definition) is 5. The van der Waals surface area contributed by atoms with E-state index in [0.717, 1.165) is 22.5 Å². The Balaban J connectivity index is 1.53. The highest BCUT2D eigenvalue weighted by Gasteiger charge is 2.15. The molecule has 130 valence electrons. The minimum Gasteiger partial charge on any atom is -0.376 e. The van der Waals surface area contributed by atoms with E-state index in [2.05, 4.69) is 22.2 Å². The smallest absolute Gasteiger partial charge is 0.101 e. The first kappa shape index (κ1) is 16.5. The molecule has 4 rings (SSSR count). The van der Waals surface area contributed by atoms with Crippen LogP contribution in [0.4, 0.5) is 0 Å². The maximum atomic E-state index is 8.89. The number of pyridine rings is 1. The Kier molecular flexibility index (Phi) is 4.73. The van der Waals surface area contributed by atoms with Gasteiger partial charge in [0.15, 0.2) is 0 Å². The lowest BCUT2D eigenvalue weighted by molar-refractivity contribution is -0.0946. The molecule has 3 aromatic rings. The number of nitrogens with zero attached hydrogens (tertiary/aromatic N) is 4. The summed E-state index contributed by atoms with van der Waals surface area (Å²) in [6, 6.07) is 15.8. The Hall–Kier alpha value is -3.01. The number of benzene rings is 1. The first-order valence-corrected chi connectivity index (χ1v) is 8.51. The predicted octanol–water partition coefficient (Wildman–Crippen LogP) is 2.90. The van der Waals surface area contributed by atoms with E-state index in [4.69, 9.17) is 14.7 Å². The molecule has 0 spiro atoms. The Morgan fingerprint density at radius 2 is 2.00 bits per heavy atom. The van der Waals surface area contributed by atoms with Crippen LogP contribution in [0, 0.1) is 11.3 Å². The van der Waals surface area contributed by atoms with Gasteiger partial charge < -0.3 is 9.47 Å². The fourth-order valence-electron chi connectivity index (χ4n) is 2.94. The topological polar surface area (TPSA) is 73.0 Å². The normalized spacial score (nSPS) is 17.0. The van der Waals surface area contributed by atoms with Crippen molar-refractivity contribution in [2.75, 3.05) is 19.8 Å². The van der Waals surface area contributed by atoms with E-state index in [1.807, 2.05) is 41.2 Å². The standard InChI is InChI=1S/C20H18N4O2/c21-11-15-4-5-19(22-12-15)16-2-1-3-17(10-16)20-6-7-24(23-20)13-18-14-25-8-9-26-18/h1-7,10,12,18H,8-9,13-14H2/t18-/m1/s1. The zero-order valence-electron chi connectivity index (χ0n) is 14.2. The second kappa shape index (κ2) is 7.48. The Bertz CT molecular complexity index is 921. The third-order valence-electron chi connectivity index (χ3n) is 4.26. The SMILES string of the molecule is N#Cc1ccc(-c2cccc(-c3ccn(C[C@@H]4COCCO4)n3)c2)nc1. The van der Waals surface area contributed by atoms with Crippen LogP contribution in [0.2, 0.25) is 0 Å². The van der Waals surface area contributed by atoms with E-state index in [9.17, 15) is 0 Å². The first-order valence-electron chi connectivity index (χ1n) is 8.51. The van der Waals surface area contributed by atoms with Crippen molar-refractivity contribution < 1.29 is 9.47 Å². The van der Waals surface area contributed by atoms with Crippen LogP contribution in [0.3, 0.4) is 0 Å². The fourth-order valence-corrected chi connectivity index (χ4v) is 2.94. The summed E-state index contributed by atoms with van der Waals surface area (Å²) in [7, 11) is 0. The molecule has 1 atom stereocenters. The highest BCUT2D eigenvalue weighted by Crippen LogP contribution is 2.24. The van der Waals surface area contributed by atoms with Gasteiger partial charge in [0.05, 0.1) is 43.3 Å². The summed E-state index contributed by atoms with van der Waals surface area (Å²) >= 11 is 0. The summed E-state index contributed by atoms with van der Waals surface area (Å²) < 4.78 is 13.0. The van der Waals surface area contributed by atoms with Gasteiger partial charge in [0, 0.05) is 23.5 Å². The number of aromatic nitrogens is 3. The van der Waals surface area contributed by atoms with Crippen molar-refractivity contribution >= 4 is 0 Å². The maximum Gasteiger partial charge on any atom is 0.101 e. The largest absolute Gasteiger partial charge is 0.376 e. The minimum absolute atomic E-state index is 0.0469. The average Bonchev–Trinajstić information content (AvgIpc) is 3.17. The van der Waals surface area contributed by atoms with Gasteiger partial charge in [0.2, 0.25) is 0 Å². The molecule has 0 unspecified atom stereocenters. The van der Waals surface area contributed by atoms with E-state index < -0.39 is 0 Å². The van der Waals surface area contributed by atoms with Crippen LogP contribution in [0.15, 0.2) is 54.9 Å². The average molecular weight is 346 g/mol. The first-order chi connectivity index (χ1) is 12.8. The van der Waals surface area contributed by atoms with E-state index >= 15 is 0 Å². The minimum atomic E-state index is 0.0469. The Morgan fingerprint density at radius 1 is 1.12 bits per heavy atom. The molecule has 1 saturated heterocycles. The zero-order valence-corrected chi connectivity index (χ0v) is 14.2. The van der Waals surface area contributed by atoms with Crippen LogP contribution >= 0.6 is 0 Å². The number of nitriles is 1. The number of hydrogen-bond donors (Lipinski definition) is 0. The van der Waals surface area contributed by atoms with Crippen LogP contribution in [0.25, 0.3) is 22.5 Å². The van der Waals surface area contributed by atoms with Crippen molar-refractivity contribution in [3.8, 4) is 28.6 Å². The molecule has 0 radical (unpaired) electrons. The van der Waals surface area contributed by atoms with Gasteiger partial charge in [-0.25, -0.2) is 0 Å². The van der Waals surface area contributed by atoms with Gasteiger partial charge in [-0.1, -0.05) is 18.2 Å². The molecule has 0 saturated carbocycles. The highest BCUT2D eigenvalue weighted by molar-refractivity contribution is 5.69. The van der Waals surface area contributed by atoms with Crippen LogP contribution in [0.5, 0.6) is 0 Å². The third-order valence-corrected chi connectivity index (χ3v) is 4.26. The van der Waals surface area contributed by atoms with Gasteiger partial charge in [-0.2, -0.15) is 10.4 Å². The molecule has 26 heavy (non-hydrogen) atoms. The van der Waals surface area contributed by atoms with E-state index in [1.165, 1.54) is 0 Å². The molecule has 1 aliphatic rings. The predicted molar refractivity (Wildman–Crippen MR) is 96.2 cm³/mol. The molecule has 1 fully saturated rings. The summed E-state index contributed by atoms with van der Waals surface area (Å²) in [4.78, 5) is 4.36. The van der Waals surface area contributed by atoms with Gasteiger partial charge in [-0.3, -0.25) is 9.67 Å². The van der Waals surface area contributed by atoms with Crippen molar-refractivity contribution in [2.24, 2.45) is 0 Å². The van der Waals surface area contributed by atoms with Gasteiger partial charge in [0.1, 0.15) is 12.2 Å². The molecule has 1 aromatic carbocycles. The quantitative estimate of drug-likeness (QED) is 0.726. The van der Waals surface area contributed by atoms with Crippen LogP contribution in [-0.4, -0.2) is 40.7 Å². The van der Waals surface area contributed by atoms with E-state index in [1.54, 1.807) is 12.3 Å². The monoisotopic (exact) mass is 346 g/mol. The van der Waals surface area contributed by atoms with E-state index in [0.29, 0.717) is 31.9 Å². The number of rotatable bonds is 4. The molecule has 0 amide bonds. The molecular formula is C20H18N4O2. The lowest BCUT2D eigenvalue weighted by atomic mass is 10.1. The van der Waals surface area contributed by atoms with Gasteiger partial charge in [0.25, 0.3) is 0 Å². The fraction of sp³-hybridized carbons (Fsp3) is 0.250. The van der Waals surface area contributed by atoms with Crippen LogP contribution < -0.4 is 0 Å². The summed E-state index contributed by atoms with van der Waals surface area (Å²) in [5.41, 5.74) is 4.30. The van der Waals surface area contributed by atoms with Crippen molar-refractivity contribution in [3.63, 3.8) is 0 Å².